The molecule has 0 aromatic carbocycles. The highest BCUT2D eigenvalue weighted by atomic mass is 16.5. The second kappa shape index (κ2) is 7.24. The normalized spacial score (nSPS) is 15.9. The zero-order valence-electron chi connectivity index (χ0n) is 10.6. The summed E-state index contributed by atoms with van der Waals surface area (Å²) in [6, 6.07) is 0. The number of hydrogen-bond acceptors (Lipinski definition) is 2. The third-order valence-electron chi connectivity index (χ3n) is 2.57. The van der Waals surface area contributed by atoms with Gasteiger partial charge in [0, 0.05) is 19.1 Å². The monoisotopic (exact) mass is 201 g/mol. The minimum absolute atomic E-state index is 0.327. The zero-order chi connectivity index (χ0) is 11.0. The van der Waals surface area contributed by atoms with Crippen molar-refractivity contribution in [2.75, 3.05) is 34.4 Å². The molecule has 1 atom stereocenters. The Morgan fingerprint density at radius 2 is 1.86 bits per heavy atom. The van der Waals surface area contributed by atoms with E-state index in [0.717, 1.165) is 13.2 Å². The lowest BCUT2D eigenvalue weighted by atomic mass is 9.85. The van der Waals surface area contributed by atoms with E-state index in [4.69, 9.17) is 4.74 Å². The Kier molecular flexibility index (Phi) is 7.20. The summed E-state index contributed by atoms with van der Waals surface area (Å²) in [7, 11) is 6.06. The lowest BCUT2D eigenvalue weighted by molar-refractivity contribution is 0.0621. The average molecular weight is 201 g/mol. The molecule has 0 aliphatic heterocycles. The lowest BCUT2D eigenvalue weighted by Gasteiger charge is -2.31. The Hall–Kier alpha value is -0.0800. The molecule has 0 fully saturated rings. The van der Waals surface area contributed by atoms with E-state index in [0.29, 0.717) is 5.41 Å². The molecule has 0 aliphatic rings. The second-order valence-electron chi connectivity index (χ2n) is 4.94. The van der Waals surface area contributed by atoms with Gasteiger partial charge in [-0.05, 0) is 20.5 Å². The first-order valence-electron chi connectivity index (χ1n) is 5.68. The molecular weight excluding hydrogens is 174 g/mol. The van der Waals surface area contributed by atoms with Crippen molar-refractivity contribution in [2.24, 2.45) is 5.41 Å². The molecule has 2 nitrogen and oxygen atoms in total. The fourth-order valence-electron chi connectivity index (χ4n) is 2.11. The predicted molar refractivity (Wildman–Crippen MR) is 62.7 cm³/mol. The fourth-order valence-corrected chi connectivity index (χ4v) is 2.11. The van der Waals surface area contributed by atoms with Crippen molar-refractivity contribution in [3.05, 3.63) is 0 Å². The van der Waals surface area contributed by atoms with Gasteiger partial charge in [-0.3, -0.25) is 0 Å². The Balaban J connectivity index is 3.95. The van der Waals surface area contributed by atoms with Crippen molar-refractivity contribution in [3.8, 4) is 0 Å². The van der Waals surface area contributed by atoms with Crippen molar-refractivity contribution in [1.82, 2.24) is 4.90 Å². The van der Waals surface area contributed by atoms with Crippen LogP contribution in [-0.2, 0) is 4.74 Å². The van der Waals surface area contributed by atoms with Crippen LogP contribution in [-0.4, -0.2) is 39.3 Å². The van der Waals surface area contributed by atoms with Crippen LogP contribution in [0.25, 0.3) is 0 Å². The van der Waals surface area contributed by atoms with E-state index < -0.39 is 0 Å². The SMILES string of the molecule is CCCCCC(C)(COC)CN(C)C. The maximum absolute atomic E-state index is 5.31. The molecular formula is C12H27NO. The van der Waals surface area contributed by atoms with E-state index in [1.54, 1.807) is 7.11 Å². The van der Waals surface area contributed by atoms with E-state index in [2.05, 4.69) is 32.8 Å². The molecule has 0 rings (SSSR count). The molecule has 0 saturated carbocycles. The maximum atomic E-state index is 5.31. The van der Waals surface area contributed by atoms with E-state index in [-0.39, 0.29) is 0 Å². The quantitative estimate of drug-likeness (QED) is 0.560. The molecule has 0 aliphatic carbocycles. The van der Waals surface area contributed by atoms with Gasteiger partial charge in [0.15, 0.2) is 0 Å². The zero-order valence-corrected chi connectivity index (χ0v) is 10.6. The molecule has 0 saturated heterocycles. The van der Waals surface area contributed by atoms with Crippen molar-refractivity contribution >= 4 is 0 Å². The minimum Gasteiger partial charge on any atom is -0.384 e. The van der Waals surface area contributed by atoms with Crippen LogP contribution in [0.2, 0.25) is 0 Å². The Morgan fingerprint density at radius 3 is 2.29 bits per heavy atom. The van der Waals surface area contributed by atoms with E-state index in [1.807, 2.05) is 0 Å². The summed E-state index contributed by atoms with van der Waals surface area (Å²) >= 11 is 0. The van der Waals surface area contributed by atoms with Gasteiger partial charge in [0.2, 0.25) is 0 Å². The van der Waals surface area contributed by atoms with Crippen molar-refractivity contribution < 1.29 is 4.74 Å². The molecule has 0 aromatic heterocycles. The molecule has 86 valence electrons. The fraction of sp³-hybridized carbons (Fsp3) is 1.00. The van der Waals surface area contributed by atoms with Crippen LogP contribution in [0.5, 0.6) is 0 Å². The molecule has 0 spiro atoms. The molecule has 1 unspecified atom stereocenters. The summed E-state index contributed by atoms with van der Waals surface area (Å²) in [4.78, 5) is 2.25. The Bertz CT molecular complexity index is 136. The number of ether oxygens (including phenoxy) is 1. The summed E-state index contributed by atoms with van der Waals surface area (Å²) < 4.78 is 5.31. The van der Waals surface area contributed by atoms with Crippen LogP contribution in [0, 0.1) is 5.41 Å². The van der Waals surface area contributed by atoms with Gasteiger partial charge in [-0.15, -0.1) is 0 Å². The largest absolute Gasteiger partial charge is 0.384 e. The first-order valence-corrected chi connectivity index (χ1v) is 5.68. The number of unbranched alkanes of at least 4 members (excludes halogenated alkanes) is 2. The van der Waals surface area contributed by atoms with Gasteiger partial charge in [-0.25, -0.2) is 0 Å². The predicted octanol–water partition coefficient (Wildman–Crippen LogP) is 2.78. The van der Waals surface area contributed by atoms with Crippen molar-refractivity contribution in [3.63, 3.8) is 0 Å². The topological polar surface area (TPSA) is 12.5 Å². The van der Waals surface area contributed by atoms with Gasteiger partial charge in [-0.2, -0.15) is 0 Å². The molecule has 0 heterocycles. The van der Waals surface area contributed by atoms with Crippen molar-refractivity contribution in [2.45, 2.75) is 39.5 Å². The lowest BCUT2D eigenvalue weighted by Crippen LogP contribution is -2.34. The van der Waals surface area contributed by atoms with Crippen LogP contribution in [0.15, 0.2) is 0 Å². The van der Waals surface area contributed by atoms with E-state index in [9.17, 15) is 0 Å². The third kappa shape index (κ3) is 6.39. The van der Waals surface area contributed by atoms with Gasteiger partial charge < -0.3 is 9.64 Å². The molecule has 0 bridgehead atoms. The average Bonchev–Trinajstić information content (AvgIpc) is 2.03. The van der Waals surface area contributed by atoms with Crippen LogP contribution in [0.3, 0.4) is 0 Å². The first kappa shape index (κ1) is 13.9. The summed E-state index contributed by atoms with van der Waals surface area (Å²) in [5, 5.41) is 0. The Labute approximate surface area is 89.6 Å². The summed E-state index contributed by atoms with van der Waals surface area (Å²) in [5.74, 6) is 0. The van der Waals surface area contributed by atoms with Crippen LogP contribution in [0.4, 0.5) is 0 Å². The Morgan fingerprint density at radius 1 is 1.21 bits per heavy atom. The third-order valence-corrected chi connectivity index (χ3v) is 2.57. The van der Waals surface area contributed by atoms with Crippen molar-refractivity contribution in [1.29, 1.82) is 0 Å². The highest BCUT2D eigenvalue weighted by Gasteiger charge is 2.24. The van der Waals surface area contributed by atoms with Gasteiger partial charge in [0.25, 0.3) is 0 Å². The van der Waals surface area contributed by atoms with Gasteiger partial charge >= 0.3 is 0 Å². The second-order valence-corrected chi connectivity index (χ2v) is 4.94. The minimum atomic E-state index is 0.327. The number of hydrogen-bond donors (Lipinski definition) is 0. The molecule has 0 N–H and O–H groups in total. The highest BCUT2D eigenvalue weighted by molar-refractivity contribution is 4.76. The van der Waals surface area contributed by atoms with Crippen LogP contribution >= 0.6 is 0 Å². The number of rotatable bonds is 8. The molecule has 0 amide bonds. The summed E-state index contributed by atoms with van der Waals surface area (Å²) in [5.41, 5.74) is 0.327. The molecule has 2 heteroatoms. The summed E-state index contributed by atoms with van der Waals surface area (Å²) in [6.45, 7) is 6.56. The first-order chi connectivity index (χ1) is 6.54. The van der Waals surface area contributed by atoms with E-state index >= 15 is 0 Å². The smallest absolute Gasteiger partial charge is 0.0528 e. The standard InChI is InChI=1S/C12H27NO/c1-6-7-8-9-12(2,11-14-5)10-13(3)4/h6-11H2,1-5H3. The summed E-state index contributed by atoms with van der Waals surface area (Å²) in [6.07, 6.45) is 5.23. The maximum Gasteiger partial charge on any atom is 0.0528 e. The molecule has 0 radical (unpaired) electrons. The van der Waals surface area contributed by atoms with Gasteiger partial charge in [0.05, 0.1) is 6.61 Å². The molecule has 14 heavy (non-hydrogen) atoms. The van der Waals surface area contributed by atoms with Crippen LogP contribution < -0.4 is 0 Å². The van der Waals surface area contributed by atoms with Gasteiger partial charge in [-0.1, -0.05) is 33.1 Å². The van der Waals surface area contributed by atoms with Gasteiger partial charge in [0.1, 0.15) is 0 Å². The van der Waals surface area contributed by atoms with E-state index in [1.165, 1.54) is 25.7 Å². The number of nitrogens with zero attached hydrogens (tertiary/aromatic N) is 1. The van der Waals surface area contributed by atoms with Crippen LogP contribution in [0.1, 0.15) is 39.5 Å². The highest BCUT2D eigenvalue weighted by Crippen LogP contribution is 2.25. The number of methoxy groups -OCH3 is 1. The molecule has 0 aromatic rings.